The monoisotopic (exact) mass is 405 g/mol. The molecule has 0 aliphatic rings. The van der Waals surface area contributed by atoms with E-state index in [4.69, 9.17) is 0 Å². The molecule has 0 saturated heterocycles. The Bertz CT molecular complexity index is 1020. The van der Waals surface area contributed by atoms with Gasteiger partial charge in [0.05, 0.1) is 18.2 Å². The molecule has 0 saturated carbocycles. The van der Waals surface area contributed by atoms with E-state index in [2.05, 4.69) is 78.1 Å². The largest absolute Gasteiger partial charge is 0.386 e. The summed E-state index contributed by atoms with van der Waals surface area (Å²) < 4.78 is 0. The van der Waals surface area contributed by atoms with Gasteiger partial charge in [-0.3, -0.25) is 5.32 Å². The molecule has 0 aromatic heterocycles. The van der Waals surface area contributed by atoms with E-state index in [9.17, 15) is 5.11 Å². The summed E-state index contributed by atoms with van der Waals surface area (Å²) in [6.07, 6.45) is 3.44. The zero-order valence-corrected chi connectivity index (χ0v) is 17.4. The predicted molar refractivity (Wildman–Crippen MR) is 129 cm³/mol. The second-order valence-corrected chi connectivity index (χ2v) is 7.57. The number of hydrogen-bond donors (Lipinski definition) is 2. The molecular weight excluding hydrogens is 378 g/mol. The van der Waals surface area contributed by atoms with Crippen molar-refractivity contribution < 1.29 is 5.11 Å². The molecule has 4 aromatic rings. The van der Waals surface area contributed by atoms with E-state index in [0.717, 1.165) is 22.3 Å². The van der Waals surface area contributed by atoms with Gasteiger partial charge in [0, 0.05) is 0 Å². The van der Waals surface area contributed by atoms with Crippen LogP contribution in [0.15, 0.2) is 127 Å². The van der Waals surface area contributed by atoms with Crippen LogP contribution in [0.1, 0.15) is 34.4 Å². The minimum Gasteiger partial charge on any atom is -0.386 e. The third-order valence-electron chi connectivity index (χ3n) is 5.40. The standard InChI is InChI=1S/C29H27NO/c31-29(26-19-11-4-12-20-26)27(22-21-23-13-5-1-6-14-23)30-28(24-15-7-2-8-16-24)25-17-9-3-10-18-25/h1-22,27-31H/b22-21+/t27-,29+/m1/s1. The summed E-state index contributed by atoms with van der Waals surface area (Å²) in [5, 5.41) is 15.0. The van der Waals surface area contributed by atoms with Crippen LogP contribution in [-0.2, 0) is 0 Å². The van der Waals surface area contributed by atoms with Gasteiger partial charge in [-0.25, -0.2) is 0 Å². The zero-order chi connectivity index (χ0) is 21.3. The lowest BCUT2D eigenvalue weighted by Crippen LogP contribution is -2.36. The van der Waals surface area contributed by atoms with Gasteiger partial charge in [0.1, 0.15) is 0 Å². The van der Waals surface area contributed by atoms with Crippen molar-refractivity contribution in [2.45, 2.75) is 18.2 Å². The normalized spacial score (nSPS) is 13.4. The van der Waals surface area contributed by atoms with Crippen LogP contribution in [0, 0.1) is 0 Å². The van der Waals surface area contributed by atoms with Crippen molar-refractivity contribution in [2.75, 3.05) is 0 Å². The maximum absolute atomic E-state index is 11.3. The van der Waals surface area contributed by atoms with Crippen LogP contribution < -0.4 is 5.32 Å². The molecule has 0 amide bonds. The zero-order valence-electron chi connectivity index (χ0n) is 17.4. The molecule has 4 aromatic carbocycles. The lowest BCUT2D eigenvalue weighted by Gasteiger charge is -2.28. The SMILES string of the molecule is O[C@@H](c1ccccc1)[C@@H](/C=C/c1ccccc1)NC(c1ccccc1)c1ccccc1. The lowest BCUT2D eigenvalue weighted by atomic mass is 9.95. The van der Waals surface area contributed by atoms with Crippen molar-refractivity contribution in [3.8, 4) is 0 Å². The highest BCUT2D eigenvalue weighted by atomic mass is 16.3. The molecule has 154 valence electrons. The number of aliphatic hydroxyl groups is 1. The maximum atomic E-state index is 11.3. The van der Waals surface area contributed by atoms with Crippen molar-refractivity contribution in [1.82, 2.24) is 5.32 Å². The van der Waals surface area contributed by atoms with Gasteiger partial charge in [0.15, 0.2) is 0 Å². The highest BCUT2D eigenvalue weighted by Gasteiger charge is 2.23. The molecule has 2 atom stereocenters. The Morgan fingerprint density at radius 3 is 1.45 bits per heavy atom. The molecule has 4 rings (SSSR count). The number of rotatable bonds is 8. The molecule has 0 heterocycles. The average Bonchev–Trinajstić information content (AvgIpc) is 2.86. The first-order chi connectivity index (χ1) is 15.3. The predicted octanol–water partition coefficient (Wildman–Crippen LogP) is 6.18. The third-order valence-corrected chi connectivity index (χ3v) is 5.40. The molecule has 0 spiro atoms. The van der Waals surface area contributed by atoms with Crippen LogP contribution >= 0.6 is 0 Å². The number of aliphatic hydroxyl groups excluding tert-OH is 1. The average molecular weight is 406 g/mol. The first kappa shape index (κ1) is 20.8. The quantitative estimate of drug-likeness (QED) is 0.367. The highest BCUT2D eigenvalue weighted by Crippen LogP contribution is 2.26. The summed E-state index contributed by atoms with van der Waals surface area (Å²) in [5.41, 5.74) is 4.31. The van der Waals surface area contributed by atoms with Gasteiger partial charge in [-0.1, -0.05) is 133 Å². The molecule has 0 radical (unpaired) electrons. The van der Waals surface area contributed by atoms with Crippen LogP contribution in [0.25, 0.3) is 6.08 Å². The van der Waals surface area contributed by atoms with E-state index >= 15 is 0 Å². The summed E-state index contributed by atoms with van der Waals surface area (Å²) in [6, 6.07) is 40.4. The van der Waals surface area contributed by atoms with Gasteiger partial charge in [0.2, 0.25) is 0 Å². The lowest BCUT2D eigenvalue weighted by molar-refractivity contribution is 0.144. The highest BCUT2D eigenvalue weighted by molar-refractivity contribution is 5.50. The minimum absolute atomic E-state index is 0.0498. The molecule has 31 heavy (non-hydrogen) atoms. The number of hydrogen-bond acceptors (Lipinski definition) is 2. The molecule has 2 heteroatoms. The first-order valence-electron chi connectivity index (χ1n) is 10.6. The van der Waals surface area contributed by atoms with Crippen LogP contribution in [0.2, 0.25) is 0 Å². The van der Waals surface area contributed by atoms with Crippen molar-refractivity contribution in [2.24, 2.45) is 0 Å². The summed E-state index contributed by atoms with van der Waals surface area (Å²) in [5.74, 6) is 0. The second-order valence-electron chi connectivity index (χ2n) is 7.57. The summed E-state index contributed by atoms with van der Waals surface area (Å²) in [4.78, 5) is 0. The minimum atomic E-state index is -0.684. The van der Waals surface area contributed by atoms with Gasteiger partial charge < -0.3 is 5.11 Å². The fraction of sp³-hybridized carbons (Fsp3) is 0.103. The Labute approximate surface area is 184 Å². The van der Waals surface area contributed by atoms with Gasteiger partial charge >= 0.3 is 0 Å². The number of benzene rings is 4. The first-order valence-corrected chi connectivity index (χ1v) is 10.6. The molecule has 0 unspecified atom stereocenters. The van der Waals surface area contributed by atoms with E-state index in [1.807, 2.05) is 60.7 Å². The van der Waals surface area contributed by atoms with Crippen molar-refractivity contribution in [1.29, 1.82) is 0 Å². The van der Waals surface area contributed by atoms with Gasteiger partial charge in [-0.05, 0) is 22.3 Å². The molecule has 2 nitrogen and oxygen atoms in total. The Hall–Kier alpha value is -3.46. The van der Waals surface area contributed by atoms with Gasteiger partial charge in [-0.2, -0.15) is 0 Å². The number of nitrogens with one attached hydrogen (secondary N) is 1. The maximum Gasteiger partial charge on any atom is 0.0979 e. The Balaban J connectivity index is 1.69. The van der Waals surface area contributed by atoms with Crippen molar-refractivity contribution >= 4 is 6.08 Å². The fourth-order valence-electron chi connectivity index (χ4n) is 3.76. The molecule has 0 aliphatic carbocycles. The van der Waals surface area contributed by atoms with Crippen LogP contribution in [0.4, 0.5) is 0 Å². The Morgan fingerprint density at radius 2 is 0.968 bits per heavy atom. The molecule has 0 aliphatic heterocycles. The van der Waals surface area contributed by atoms with E-state index in [-0.39, 0.29) is 12.1 Å². The van der Waals surface area contributed by atoms with Crippen molar-refractivity contribution in [3.05, 3.63) is 150 Å². The van der Waals surface area contributed by atoms with E-state index < -0.39 is 6.10 Å². The van der Waals surface area contributed by atoms with Gasteiger partial charge in [0.25, 0.3) is 0 Å². The third kappa shape index (κ3) is 5.58. The Kier molecular flexibility index (Phi) is 7.07. The van der Waals surface area contributed by atoms with E-state index in [0.29, 0.717) is 0 Å². The molecular formula is C29H27NO. The van der Waals surface area contributed by atoms with E-state index in [1.54, 1.807) is 0 Å². The van der Waals surface area contributed by atoms with Crippen molar-refractivity contribution in [3.63, 3.8) is 0 Å². The fourth-order valence-corrected chi connectivity index (χ4v) is 3.76. The molecule has 2 N–H and O–H groups in total. The topological polar surface area (TPSA) is 32.3 Å². The molecule has 0 fully saturated rings. The Morgan fingerprint density at radius 1 is 0.548 bits per heavy atom. The summed E-state index contributed by atoms with van der Waals surface area (Å²) >= 11 is 0. The van der Waals surface area contributed by atoms with Crippen LogP contribution in [0.3, 0.4) is 0 Å². The summed E-state index contributed by atoms with van der Waals surface area (Å²) in [6.45, 7) is 0. The van der Waals surface area contributed by atoms with E-state index in [1.165, 1.54) is 0 Å². The second kappa shape index (κ2) is 10.5. The smallest absolute Gasteiger partial charge is 0.0979 e. The summed E-state index contributed by atoms with van der Waals surface area (Å²) in [7, 11) is 0. The van der Waals surface area contributed by atoms with Crippen LogP contribution in [0.5, 0.6) is 0 Å². The van der Waals surface area contributed by atoms with Crippen LogP contribution in [-0.4, -0.2) is 11.1 Å². The molecule has 0 bridgehead atoms. The van der Waals surface area contributed by atoms with Gasteiger partial charge in [-0.15, -0.1) is 0 Å².